The topological polar surface area (TPSA) is 52.0 Å². The van der Waals surface area contributed by atoms with Gasteiger partial charge in [0.1, 0.15) is 0 Å². The Morgan fingerprint density at radius 3 is 0.821 bits per heavy atom. The van der Waals surface area contributed by atoms with Crippen LogP contribution in [0.1, 0.15) is 52.7 Å². The molecule has 0 amide bonds. The lowest BCUT2D eigenvalue weighted by Crippen LogP contribution is -2.10. The minimum Gasteiger partial charge on any atom is -0.399 e. The fourth-order valence-corrected chi connectivity index (χ4v) is 2.35. The number of benzene rings is 3. The maximum atomic E-state index is 5.57. The molecule has 0 unspecified atom stereocenters. The molecule has 0 spiro atoms. The summed E-state index contributed by atoms with van der Waals surface area (Å²) in [5.74, 6) is 0. The molecule has 0 radical (unpaired) electrons. The third kappa shape index (κ3) is 9.27. The molecule has 28 heavy (non-hydrogen) atoms. The second-order valence-corrected chi connectivity index (χ2v) is 8.90. The van der Waals surface area contributed by atoms with E-state index in [-0.39, 0.29) is 10.8 Å². The van der Waals surface area contributed by atoms with Gasteiger partial charge < -0.3 is 11.5 Å². The lowest BCUT2D eigenvalue weighted by atomic mass is 9.87. The Bertz CT molecular complexity index is 693. The minimum absolute atomic E-state index is 0.230. The number of nitrogens with two attached hydrogens (primary N) is 2. The predicted molar refractivity (Wildman–Crippen MR) is 126 cm³/mol. The zero-order valence-corrected chi connectivity index (χ0v) is 18.2. The quantitative estimate of drug-likeness (QED) is 0.423. The molecule has 2 heteroatoms. The fourth-order valence-electron chi connectivity index (χ4n) is 2.35. The van der Waals surface area contributed by atoms with Gasteiger partial charge in [-0.05, 0) is 46.2 Å². The van der Waals surface area contributed by atoms with E-state index in [4.69, 9.17) is 11.5 Å². The molecule has 0 bridgehead atoms. The van der Waals surface area contributed by atoms with Crippen molar-refractivity contribution in [1.29, 1.82) is 0 Å². The van der Waals surface area contributed by atoms with Crippen LogP contribution in [-0.4, -0.2) is 0 Å². The summed E-state index contributed by atoms with van der Waals surface area (Å²) in [4.78, 5) is 0. The Hall–Kier alpha value is -2.74. The first-order valence-corrected chi connectivity index (χ1v) is 9.72. The maximum Gasteiger partial charge on any atom is 0.0314 e. The molecule has 3 rings (SSSR count). The van der Waals surface area contributed by atoms with E-state index in [1.807, 2.05) is 60.7 Å². The van der Waals surface area contributed by atoms with Crippen LogP contribution in [0, 0.1) is 0 Å². The van der Waals surface area contributed by atoms with E-state index in [1.165, 1.54) is 11.1 Å². The Labute approximate surface area is 171 Å². The Balaban J connectivity index is 0.000000219. The molecule has 3 aromatic rings. The molecule has 4 N–H and O–H groups in total. The van der Waals surface area contributed by atoms with E-state index in [2.05, 4.69) is 65.8 Å². The van der Waals surface area contributed by atoms with Crippen LogP contribution < -0.4 is 11.5 Å². The smallest absolute Gasteiger partial charge is 0.0314 e. The van der Waals surface area contributed by atoms with Crippen LogP contribution >= 0.6 is 0 Å². The molecule has 0 aliphatic heterocycles. The van der Waals surface area contributed by atoms with E-state index in [1.54, 1.807) is 0 Å². The summed E-state index contributed by atoms with van der Waals surface area (Å²) in [6, 6.07) is 28.1. The Morgan fingerprint density at radius 2 is 0.643 bits per heavy atom. The van der Waals surface area contributed by atoms with Gasteiger partial charge in [0.25, 0.3) is 0 Å². The zero-order valence-electron chi connectivity index (χ0n) is 18.2. The number of hydrogen-bond acceptors (Lipinski definition) is 2. The molecular weight excluding hydrogens is 340 g/mol. The number of anilines is 2. The summed E-state index contributed by atoms with van der Waals surface area (Å²) in [6.07, 6.45) is 0. The van der Waals surface area contributed by atoms with Gasteiger partial charge in [-0.1, -0.05) is 102 Å². The van der Waals surface area contributed by atoms with Crippen molar-refractivity contribution in [1.82, 2.24) is 0 Å². The van der Waals surface area contributed by atoms with Gasteiger partial charge in [-0.15, -0.1) is 0 Å². The van der Waals surface area contributed by atoms with Crippen molar-refractivity contribution in [2.24, 2.45) is 0 Å². The molecule has 0 saturated heterocycles. The van der Waals surface area contributed by atoms with Crippen LogP contribution in [0.5, 0.6) is 0 Å². The zero-order chi connectivity index (χ0) is 21.2. The van der Waals surface area contributed by atoms with Crippen molar-refractivity contribution >= 4 is 11.4 Å². The number of rotatable bonds is 0. The fraction of sp³-hybridized carbons (Fsp3) is 0.308. The number of hydrogen-bond donors (Lipinski definition) is 2. The van der Waals surface area contributed by atoms with Gasteiger partial charge in [0.2, 0.25) is 0 Å². The molecule has 0 heterocycles. The van der Waals surface area contributed by atoms with Gasteiger partial charge >= 0.3 is 0 Å². The van der Waals surface area contributed by atoms with Crippen molar-refractivity contribution in [3.63, 3.8) is 0 Å². The Morgan fingerprint density at radius 1 is 0.429 bits per heavy atom. The highest BCUT2D eigenvalue weighted by Crippen LogP contribution is 2.23. The van der Waals surface area contributed by atoms with Gasteiger partial charge in [0.15, 0.2) is 0 Å². The molecule has 0 fully saturated rings. The van der Waals surface area contributed by atoms with Crippen LogP contribution in [0.4, 0.5) is 11.4 Å². The highest BCUT2D eigenvalue weighted by molar-refractivity contribution is 5.41. The monoisotopic (exact) mass is 376 g/mol. The van der Waals surface area contributed by atoms with Gasteiger partial charge in [0.05, 0.1) is 0 Å². The van der Waals surface area contributed by atoms with Crippen LogP contribution in [0.2, 0.25) is 0 Å². The third-order valence-electron chi connectivity index (χ3n) is 4.22. The van der Waals surface area contributed by atoms with Crippen molar-refractivity contribution < 1.29 is 0 Å². The lowest BCUT2D eigenvalue weighted by molar-refractivity contribution is 0.590. The number of nitrogen functional groups attached to an aromatic ring is 2. The van der Waals surface area contributed by atoms with Crippen molar-refractivity contribution in [3.8, 4) is 0 Å². The van der Waals surface area contributed by atoms with Gasteiger partial charge in [-0.3, -0.25) is 0 Å². The van der Waals surface area contributed by atoms with E-state index in [0.29, 0.717) is 0 Å². The second kappa shape index (κ2) is 10.6. The highest BCUT2D eigenvalue weighted by Gasteiger charge is 2.12. The first-order chi connectivity index (χ1) is 13.0. The molecule has 0 atom stereocenters. The molecule has 3 aromatic carbocycles. The normalized spacial score (nSPS) is 10.8. The maximum absolute atomic E-state index is 5.57. The first kappa shape index (κ1) is 23.3. The minimum atomic E-state index is 0.230. The Kier molecular flexibility index (Phi) is 8.78. The van der Waals surface area contributed by atoms with E-state index >= 15 is 0 Å². The van der Waals surface area contributed by atoms with Crippen molar-refractivity contribution in [2.45, 2.75) is 52.4 Å². The lowest BCUT2D eigenvalue weighted by Gasteiger charge is -2.18. The molecule has 150 valence electrons. The average molecular weight is 377 g/mol. The standard InChI is InChI=1S/2C10H15N.C6H6/c2*1-10(2,3)8-4-6-9(11)7-5-8;1-2-4-6-5-3-1/h2*4-7H,11H2,1-3H3;1-6H. The first-order valence-electron chi connectivity index (χ1n) is 9.72. The molecular formula is C26H36N2. The molecule has 0 aliphatic rings. The van der Waals surface area contributed by atoms with Crippen molar-refractivity contribution in [3.05, 3.63) is 96.1 Å². The summed E-state index contributed by atoms with van der Waals surface area (Å²) in [7, 11) is 0. The summed E-state index contributed by atoms with van der Waals surface area (Å²) in [5.41, 5.74) is 15.9. The van der Waals surface area contributed by atoms with Crippen LogP contribution in [0.3, 0.4) is 0 Å². The molecule has 2 nitrogen and oxygen atoms in total. The van der Waals surface area contributed by atoms with Gasteiger partial charge in [0, 0.05) is 11.4 Å². The average Bonchev–Trinajstić information content (AvgIpc) is 2.63. The van der Waals surface area contributed by atoms with Crippen LogP contribution in [-0.2, 0) is 10.8 Å². The van der Waals surface area contributed by atoms with Crippen LogP contribution in [0.25, 0.3) is 0 Å². The molecule has 0 saturated carbocycles. The summed E-state index contributed by atoms with van der Waals surface area (Å²) in [5, 5.41) is 0. The summed E-state index contributed by atoms with van der Waals surface area (Å²) >= 11 is 0. The van der Waals surface area contributed by atoms with Gasteiger partial charge in [-0.25, -0.2) is 0 Å². The van der Waals surface area contributed by atoms with Crippen LogP contribution in [0.15, 0.2) is 84.9 Å². The largest absolute Gasteiger partial charge is 0.399 e. The van der Waals surface area contributed by atoms with E-state index < -0.39 is 0 Å². The summed E-state index contributed by atoms with van der Waals surface area (Å²) in [6.45, 7) is 13.2. The predicted octanol–water partition coefficient (Wildman–Crippen LogP) is 6.82. The summed E-state index contributed by atoms with van der Waals surface area (Å²) < 4.78 is 0. The van der Waals surface area contributed by atoms with E-state index in [0.717, 1.165) is 11.4 Å². The van der Waals surface area contributed by atoms with E-state index in [9.17, 15) is 0 Å². The molecule has 0 aliphatic carbocycles. The van der Waals surface area contributed by atoms with Gasteiger partial charge in [-0.2, -0.15) is 0 Å². The second-order valence-electron chi connectivity index (χ2n) is 8.90. The van der Waals surface area contributed by atoms with Crippen molar-refractivity contribution in [2.75, 3.05) is 11.5 Å². The third-order valence-corrected chi connectivity index (χ3v) is 4.22. The molecule has 0 aromatic heterocycles. The SMILES string of the molecule is CC(C)(C)c1ccc(N)cc1.CC(C)(C)c1ccc(N)cc1.c1ccccc1. The highest BCUT2D eigenvalue weighted by atomic mass is 14.5.